The number of rotatable bonds is 7. The van der Waals surface area contributed by atoms with E-state index in [9.17, 15) is 27.6 Å². The molecule has 158 valence electrons. The molecule has 1 amide bonds. The van der Waals surface area contributed by atoms with Gasteiger partial charge in [-0.1, -0.05) is 36.4 Å². The SMILES string of the molecule is O=C(Cn1[nH]c(=O)c2ccccc2c1=O)NCc1ccc(COCC(F)(F)F)cc1. The molecule has 30 heavy (non-hydrogen) atoms. The van der Waals surface area contributed by atoms with E-state index in [4.69, 9.17) is 0 Å². The third-order valence-corrected chi connectivity index (χ3v) is 4.23. The second-order valence-electron chi connectivity index (χ2n) is 6.58. The molecule has 0 aliphatic rings. The number of fused-ring (bicyclic) bond motifs is 1. The Morgan fingerprint density at radius 3 is 2.30 bits per heavy atom. The second-order valence-corrected chi connectivity index (χ2v) is 6.58. The van der Waals surface area contributed by atoms with Crippen LogP contribution >= 0.6 is 0 Å². The van der Waals surface area contributed by atoms with Gasteiger partial charge in [-0.05, 0) is 23.3 Å². The normalized spacial score (nSPS) is 11.6. The van der Waals surface area contributed by atoms with Crippen LogP contribution in [0.2, 0.25) is 0 Å². The molecule has 3 aromatic rings. The van der Waals surface area contributed by atoms with E-state index in [1.54, 1.807) is 36.4 Å². The molecule has 0 aliphatic heterocycles. The van der Waals surface area contributed by atoms with Gasteiger partial charge in [0.15, 0.2) is 0 Å². The molecule has 0 fully saturated rings. The molecule has 0 saturated heterocycles. The number of alkyl halides is 3. The van der Waals surface area contributed by atoms with Gasteiger partial charge >= 0.3 is 6.18 Å². The van der Waals surface area contributed by atoms with E-state index in [2.05, 4.69) is 15.2 Å². The first-order chi connectivity index (χ1) is 14.2. The largest absolute Gasteiger partial charge is 0.411 e. The molecule has 3 rings (SSSR count). The predicted molar refractivity (Wildman–Crippen MR) is 103 cm³/mol. The number of nitrogens with one attached hydrogen (secondary N) is 2. The summed E-state index contributed by atoms with van der Waals surface area (Å²) in [5.74, 6) is -0.486. The van der Waals surface area contributed by atoms with Gasteiger partial charge in [0.05, 0.1) is 17.4 Å². The highest BCUT2D eigenvalue weighted by Crippen LogP contribution is 2.15. The van der Waals surface area contributed by atoms with Crippen molar-refractivity contribution in [3.63, 3.8) is 0 Å². The molecule has 7 nitrogen and oxygen atoms in total. The average molecular weight is 421 g/mol. The molecule has 0 atom stereocenters. The number of halogens is 3. The lowest BCUT2D eigenvalue weighted by Gasteiger charge is -2.10. The van der Waals surface area contributed by atoms with Crippen LogP contribution in [-0.2, 0) is 29.2 Å². The average Bonchev–Trinajstić information content (AvgIpc) is 2.70. The zero-order valence-corrected chi connectivity index (χ0v) is 15.7. The summed E-state index contributed by atoms with van der Waals surface area (Å²) >= 11 is 0. The Morgan fingerprint density at radius 2 is 1.63 bits per heavy atom. The maximum atomic E-state index is 12.4. The van der Waals surface area contributed by atoms with Gasteiger partial charge in [-0.15, -0.1) is 0 Å². The van der Waals surface area contributed by atoms with Crippen LogP contribution in [-0.4, -0.2) is 28.5 Å². The van der Waals surface area contributed by atoms with Crippen LogP contribution in [0.3, 0.4) is 0 Å². The lowest BCUT2D eigenvalue weighted by molar-refractivity contribution is -0.176. The number of aromatic amines is 1. The number of aromatic nitrogens is 2. The predicted octanol–water partition coefficient (Wildman–Crippen LogP) is 2.09. The number of benzene rings is 2. The van der Waals surface area contributed by atoms with Crippen molar-refractivity contribution in [2.24, 2.45) is 0 Å². The molecule has 0 unspecified atom stereocenters. The lowest BCUT2D eigenvalue weighted by atomic mass is 10.1. The fraction of sp³-hybridized carbons (Fsp3) is 0.250. The second kappa shape index (κ2) is 8.95. The minimum atomic E-state index is -4.37. The summed E-state index contributed by atoms with van der Waals surface area (Å²) in [5, 5.41) is 5.47. The van der Waals surface area contributed by atoms with Crippen LogP contribution in [0.25, 0.3) is 10.8 Å². The standard InChI is InChI=1S/C20H18F3N3O4/c21-20(22,23)12-30-11-14-7-5-13(6-8-14)9-24-17(27)10-26-19(29)16-4-2-1-3-15(16)18(28)25-26/h1-8H,9-12H2,(H,24,27)(H,25,28). The Morgan fingerprint density at radius 1 is 1.00 bits per heavy atom. The lowest BCUT2D eigenvalue weighted by Crippen LogP contribution is -2.36. The van der Waals surface area contributed by atoms with Gasteiger partial charge in [-0.3, -0.25) is 19.5 Å². The summed E-state index contributed by atoms with van der Waals surface area (Å²) in [7, 11) is 0. The van der Waals surface area contributed by atoms with E-state index in [1.807, 2.05) is 0 Å². The molecule has 2 aromatic carbocycles. The van der Waals surface area contributed by atoms with Crippen molar-refractivity contribution in [3.8, 4) is 0 Å². The Bertz CT molecular complexity index is 1150. The highest BCUT2D eigenvalue weighted by molar-refractivity contribution is 5.81. The van der Waals surface area contributed by atoms with Crippen molar-refractivity contribution in [1.29, 1.82) is 0 Å². The third kappa shape index (κ3) is 5.57. The highest BCUT2D eigenvalue weighted by Gasteiger charge is 2.27. The molecule has 2 N–H and O–H groups in total. The summed E-state index contributed by atoms with van der Waals surface area (Å²) in [6, 6.07) is 12.8. The van der Waals surface area contributed by atoms with Crippen molar-refractivity contribution >= 4 is 16.7 Å². The molecule has 0 radical (unpaired) electrons. The van der Waals surface area contributed by atoms with Crippen molar-refractivity contribution in [2.45, 2.75) is 25.9 Å². The van der Waals surface area contributed by atoms with Crippen LogP contribution in [0.4, 0.5) is 13.2 Å². The molecule has 1 aromatic heterocycles. The first kappa shape index (κ1) is 21.3. The van der Waals surface area contributed by atoms with Crippen LogP contribution in [0.15, 0.2) is 58.1 Å². The van der Waals surface area contributed by atoms with E-state index in [-0.39, 0.29) is 30.5 Å². The minimum Gasteiger partial charge on any atom is -0.367 e. The first-order valence-electron chi connectivity index (χ1n) is 8.94. The molecule has 0 aliphatic carbocycles. The van der Waals surface area contributed by atoms with Crippen LogP contribution in [0.1, 0.15) is 11.1 Å². The number of hydrogen-bond donors (Lipinski definition) is 2. The summed E-state index contributed by atoms with van der Waals surface area (Å²) < 4.78 is 41.7. The van der Waals surface area contributed by atoms with Gasteiger partial charge in [-0.25, -0.2) is 4.68 Å². The first-order valence-corrected chi connectivity index (χ1v) is 8.94. The smallest absolute Gasteiger partial charge is 0.367 e. The van der Waals surface area contributed by atoms with Gasteiger partial charge in [0, 0.05) is 6.54 Å². The minimum absolute atomic E-state index is 0.148. The van der Waals surface area contributed by atoms with Crippen molar-refractivity contribution in [1.82, 2.24) is 15.1 Å². The molecular formula is C20H18F3N3O4. The Labute approximate surface area is 168 Å². The number of ether oxygens (including phenoxy) is 1. The van der Waals surface area contributed by atoms with Crippen LogP contribution in [0.5, 0.6) is 0 Å². The molecule has 0 spiro atoms. The summed E-state index contributed by atoms with van der Waals surface area (Å²) in [4.78, 5) is 36.6. The maximum Gasteiger partial charge on any atom is 0.411 e. The fourth-order valence-corrected chi connectivity index (χ4v) is 2.80. The van der Waals surface area contributed by atoms with Crippen molar-refractivity contribution < 1.29 is 22.7 Å². The van der Waals surface area contributed by atoms with Crippen molar-refractivity contribution in [2.75, 3.05) is 6.61 Å². The highest BCUT2D eigenvalue weighted by atomic mass is 19.4. The molecular weight excluding hydrogens is 403 g/mol. The Hall–Kier alpha value is -3.40. The molecule has 10 heteroatoms. The van der Waals surface area contributed by atoms with Gasteiger partial charge in [0.2, 0.25) is 5.91 Å². The number of carbonyl (C=O) groups is 1. The number of hydrogen-bond acceptors (Lipinski definition) is 4. The van der Waals surface area contributed by atoms with E-state index in [0.717, 1.165) is 4.68 Å². The topological polar surface area (TPSA) is 93.2 Å². The van der Waals surface area contributed by atoms with Crippen molar-refractivity contribution in [3.05, 3.63) is 80.4 Å². The molecule has 0 bridgehead atoms. The van der Waals surface area contributed by atoms with Crippen LogP contribution in [0, 0.1) is 0 Å². The van der Waals surface area contributed by atoms with Gasteiger partial charge < -0.3 is 10.1 Å². The van der Waals surface area contributed by atoms with E-state index in [1.165, 1.54) is 12.1 Å². The van der Waals surface area contributed by atoms with Crippen LogP contribution < -0.4 is 16.4 Å². The number of H-pyrrole nitrogens is 1. The molecule has 0 saturated carbocycles. The van der Waals surface area contributed by atoms with Gasteiger partial charge in [0.1, 0.15) is 13.2 Å². The van der Waals surface area contributed by atoms with E-state index in [0.29, 0.717) is 11.1 Å². The van der Waals surface area contributed by atoms with Gasteiger partial charge in [0.25, 0.3) is 11.1 Å². The zero-order valence-electron chi connectivity index (χ0n) is 15.7. The summed E-state index contributed by atoms with van der Waals surface area (Å²) in [5.41, 5.74) is 0.321. The van der Waals surface area contributed by atoms with Gasteiger partial charge in [-0.2, -0.15) is 13.2 Å². The number of amides is 1. The Balaban J connectivity index is 1.56. The maximum absolute atomic E-state index is 12.4. The number of nitrogens with zero attached hydrogens (tertiary/aromatic N) is 1. The zero-order chi connectivity index (χ0) is 21.7. The summed E-state index contributed by atoms with van der Waals surface area (Å²) in [6.45, 7) is -1.71. The quantitative estimate of drug-likeness (QED) is 0.611. The summed E-state index contributed by atoms with van der Waals surface area (Å²) in [6.07, 6.45) is -4.37. The third-order valence-electron chi connectivity index (χ3n) is 4.23. The monoisotopic (exact) mass is 421 g/mol. The van der Waals surface area contributed by atoms with E-state index < -0.39 is 29.8 Å². The fourth-order valence-electron chi connectivity index (χ4n) is 2.80. The van der Waals surface area contributed by atoms with E-state index >= 15 is 0 Å². The Kier molecular flexibility index (Phi) is 6.36. The number of carbonyl (C=O) groups excluding carboxylic acids is 1. The molecule has 1 heterocycles.